The van der Waals surface area contributed by atoms with Gasteiger partial charge in [-0.1, -0.05) is 81.4 Å². The highest BCUT2D eigenvalue weighted by Gasteiger charge is 2.33. The summed E-state index contributed by atoms with van der Waals surface area (Å²) in [5, 5.41) is 4.91. The molecular weight excluding hydrogens is 526 g/mol. The molecule has 41 heavy (non-hydrogen) atoms. The summed E-state index contributed by atoms with van der Waals surface area (Å²) < 4.78 is 5.67. The van der Waals surface area contributed by atoms with Gasteiger partial charge in [0.25, 0.3) is 5.91 Å². The first-order valence-electron chi connectivity index (χ1n) is 14.1. The number of anilines is 1. The number of aromatic amines is 1. The zero-order valence-corrected chi connectivity index (χ0v) is 24.8. The molecule has 0 saturated carbocycles. The number of thiophene rings is 1. The molecule has 208 valence electrons. The van der Waals surface area contributed by atoms with Gasteiger partial charge in [0.2, 0.25) is 0 Å². The molecular formula is C35H35N3O2S. The molecule has 0 unspecified atom stereocenters. The molecule has 2 N–H and O–H groups in total. The molecule has 1 aliphatic carbocycles. The van der Waals surface area contributed by atoms with Gasteiger partial charge in [0.15, 0.2) is 0 Å². The van der Waals surface area contributed by atoms with E-state index in [4.69, 9.17) is 9.73 Å². The fraction of sp³-hybridized carbons (Fsp3) is 0.257. The number of benzene rings is 3. The summed E-state index contributed by atoms with van der Waals surface area (Å²) in [5.41, 5.74) is 6.79. The number of H-pyrrole nitrogens is 1. The first-order valence-corrected chi connectivity index (χ1v) is 14.9. The molecule has 0 bridgehead atoms. The number of ether oxygens (including phenoxy) is 1. The van der Waals surface area contributed by atoms with E-state index in [-0.39, 0.29) is 11.3 Å². The summed E-state index contributed by atoms with van der Waals surface area (Å²) in [6.07, 6.45) is 4.85. The van der Waals surface area contributed by atoms with E-state index in [1.165, 1.54) is 4.88 Å². The third-order valence-electron chi connectivity index (χ3n) is 8.16. The number of methoxy groups -OCH3 is 1. The van der Waals surface area contributed by atoms with Gasteiger partial charge in [-0.3, -0.25) is 4.79 Å². The van der Waals surface area contributed by atoms with Crippen molar-refractivity contribution in [3.8, 4) is 17.0 Å². The molecule has 6 rings (SSSR count). The molecule has 3 aromatic carbocycles. The van der Waals surface area contributed by atoms with Gasteiger partial charge in [-0.15, -0.1) is 11.3 Å². The van der Waals surface area contributed by atoms with E-state index in [0.717, 1.165) is 69.0 Å². The second-order valence-corrected chi connectivity index (χ2v) is 12.8. The van der Waals surface area contributed by atoms with Crippen molar-refractivity contribution >= 4 is 45.0 Å². The van der Waals surface area contributed by atoms with Crippen LogP contribution >= 0.6 is 11.3 Å². The number of carbonyl (C=O) groups is 1. The Bertz CT molecular complexity index is 1730. The van der Waals surface area contributed by atoms with Crippen LogP contribution < -0.4 is 10.1 Å². The van der Waals surface area contributed by atoms with Crippen LogP contribution in [0.4, 0.5) is 10.7 Å². The maximum atomic E-state index is 13.8. The number of aromatic nitrogens is 1. The van der Waals surface area contributed by atoms with Crippen LogP contribution in [-0.2, 0) is 12.8 Å². The Morgan fingerprint density at radius 1 is 1.02 bits per heavy atom. The number of amides is 1. The lowest BCUT2D eigenvalue weighted by Crippen LogP contribution is -2.27. The van der Waals surface area contributed by atoms with E-state index in [1.54, 1.807) is 18.4 Å². The van der Waals surface area contributed by atoms with Gasteiger partial charge in [0.05, 0.1) is 23.9 Å². The summed E-state index contributed by atoms with van der Waals surface area (Å²) in [4.78, 5) is 23.7. The minimum absolute atomic E-state index is 0.0982. The monoisotopic (exact) mass is 561 g/mol. The first kappa shape index (κ1) is 27.0. The number of para-hydroxylation sites is 2. The van der Waals surface area contributed by atoms with E-state index in [0.29, 0.717) is 11.5 Å². The van der Waals surface area contributed by atoms with Crippen LogP contribution in [0.2, 0.25) is 0 Å². The highest BCUT2D eigenvalue weighted by Crippen LogP contribution is 2.45. The maximum absolute atomic E-state index is 13.8. The fourth-order valence-electron chi connectivity index (χ4n) is 5.82. The maximum Gasteiger partial charge on any atom is 0.259 e. The molecule has 2 aromatic heterocycles. The molecule has 1 amide bonds. The summed E-state index contributed by atoms with van der Waals surface area (Å²) in [7, 11) is 1.68. The van der Waals surface area contributed by atoms with Gasteiger partial charge < -0.3 is 15.0 Å². The van der Waals surface area contributed by atoms with Gasteiger partial charge in [0.1, 0.15) is 10.8 Å². The molecule has 0 aliphatic heterocycles. The molecule has 6 heteroatoms. The predicted octanol–water partition coefficient (Wildman–Crippen LogP) is 9.06. The van der Waals surface area contributed by atoms with Crippen molar-refractivity contribution in [2.75, 3.05) is 12.4 Å². The van der Waals surface area contributed by atoms with Crippen molar-refractivity contribution in [1.29, 1.82) is 0 Å². The van der Waals surface area contributed by atoms with Crippen LogP contribution in [0, 0.1) is 11.3 Å². The predicted molar refractivity (Wildman–Crippen MR) is 171 cm³/mol. The first-order chi connectivity index (χ1) is 19.8. The number of carbonyl (C=O) groups excluding carboxylic acids is 1. The third-order valence-corrected chi connectivity index (χ3v) is 9.32. The van der Waals surface area contributed by atoms with E-state index >= 15 is 0 Å². The number of nitrogens with zero attached hydrogens (tertiary/aromatic N) is 1. The minimum atomic E-state index is -0.0982. The number of nitrogens with one attached hydrogen (secondary N) is 2. The Labute approximate surface area is 245 Å². The Morgan fingerprint density at radius 3 is 2.46 bits per heavy atom. The molecule has 5 nitrogen and oxygen atoms in total. The molecule has 0 saturated heterocycles. The van der Waals surface area contributed by atoms with E-state index in [9.17, 15) is 4.79 Å². The molecule has 0 spiro atoms. The largest absolute Gasteiger partial charge is 0.495 e. The van der Waals surface area contributed by atoms with Crippen molar-refractivity contribution in [3.05, 3.63) is 100 Å². The fourth-order valence-corrected chi connectivity index (χ4v) is 7.09. The van der Waals surface area contributed by atoms with E-state index < -0.39 is 0 Å². The molecule has 0 radical (unpaired) electrons. The van der Waals surface area contributed by atoms with Crippen LogP contribution in [0.3, 0.4) is 0 Å². The van der Waals surface area contributed by atoms with Crippen molar-refractivity contribution in [2.45, 2.75) is 40.0 Å². The standard InChI is InChI=1S/C35H35N3O2S/c1-35(2,3)23-18-19-26-29(20-23)41-34(30(26)33(39)37-24-14-9-6-10-15-24)36-21-27-25-16-11-17-28(40-4)32(25)38-31(27)22-12-7-5-8-13-22/h5-17,21,23,38H,18-20H2,1-4H3,(H,37,39)/t23-/m1/s1. The number of fused-ring (bicyclic) bond motifs is 2. The molecule has 2 heterocycles. The van der Waals surface area contributed by atoms with Crippen LogP contribution in [-0.4, -0.2) is 24.2 Å². The number of hydrogen-bond acceptors (Lipinski definition) is 4. The second kappa shape index (κ2) is 11.0. The van der Waals surface area contributed by atoms with Crippen LogP contribution in [0.15, 0.2) is 83.9 Å². The SMILES string of the molecule is COc1cccc2c(C=Nc3sc4c(c3C(=O)Nc3ccccc3)CC[C@@H](C(C)(C)C)C4)c(-c3ccccc3)[nH]c12. The average molecular weight is 562 g/mol. The average Bonchev–Trinajstić information content (AvgIpc) is 3.54. The van der Waals surface area contributed by atoms with Crippen LogP contribution in [0.1, 0.15) is 53.6 Å². The topological polar surface area (TPSA) is 66.5 Å². The summed E-state index contributed by atoms with van der Waals surface area (Å²) >= 11 is 1.66. The van der Waals surface area contributed by atoms with Gasteiger partial charge in [-0.2, -0.15) is 0 Å². The lowest BCUT2D eigenvalue weighted by atomic mass is 9.72. The molecule has 1 aliphatic rings. The Morgan fingerprint density at radius 2 is 1.76 bits per heavy atom. The summed E-state index contributed by atoms with van der Waals surface area (Å²) in [5.74, 6) is 1.25. The Kier molecular flexibility index (Phi) is 7.26. The van der Waals surface area contributed by atoms with Crippen molar-refractivity contribution in [3.63, 3.8) is 0 Å². The zero-order chi connectivity index (χ0) is 28.6. The highest BCUT2D eigenvalue weighted by molar-refractivity contribution is 7.16. The second-order valence-electron chi connectivity index (χ2n) is 11.7. The number of aliphatic imine (C=N–C) groups is 1. The summed E-state index contributed by atoms with van der Waals surface area (Å²) in [6.45, 7) is 6.94. The van der Waals surface area contributed by atoms with Crippen LogP contribution in [0.5, 0.6) is 5.75 Å². The Balaban J connectivity index is 1.47. The Hall–Kier alpha value is -4.16. The van der Waals surface area contributed by atoms with Gasteiger partial charge in [0, 0.05) is 27.7 Å². The lowest BCUT2D eigenvalue weighted by Gasteiger charge is -2.33. The van der Waals surface area contributed by atoms with Gasteiger partial charge in [-0.05, 0) is 59.9 Å². The quantitative estimate of drug-likeness (QED) is 0.203. The minimum Gasteiger partial charge on any atom is -0.495 e. The van der Waals surface area contributed by atoms with Crippen molar-refractivity contribution in [1.82, 2.24) is 4.98 Å². The van der Waals surface area contributed by atoms with Crippen LogP contribution in [0.25, 0.3) is 22.2 Å². The number of hydrogen-bond donors (Lipinski definition) is 2. The third kappa shape index (κ3) is 5.32. The lowest BCUT2D eigenvalue weighted by molar-refractivity contribution is 0.102. The normalized spacial score (nSPS) is 15.3. The number of rotatable bonds is 6. The van der Waals surface area contributed by atoms with Crippen molar-refractivity contribution in [2.24, 2.45) is 16.3 Å². The van der Waals surface area contributed by atoms with Gasteiger partial charge in [-0.25, -0.2) is 4.99 Å². The highest BCUT2D eigenvalue weighted by atomic mass is 32.1. The van der Waals surface area contributed by atoms with Gasteiger partial charge >= 0.3 is 0 Å². The molecule has 1 atom stereocenters. The van der Waals surface area contributed by atoms with E-state index in [1.807, 2.05) is 66.9 Å². The summed E-state index contributed by atoms with van der Waals surface area (Å²) in [6, 6.07) is 25.9. The molecule has 0 fully saturated rings. The zero-order valence-electron chi connectivity index (χ0n) is 24.0. The smallest absolute Gasteiger partial charge is 0.259 e. The van der Waals surface area contributed by atoms with Crippen molar-refractivity contribution < 1.29 is 9.53 Å². The van der Waals surface area contributed by atoms with E-state index in [2.05, 4.69) is 49.3 Å². The molecule has 5 aromatic rings.